The van der Waals surface area contributed by atoms with Crippen molar-refractivity contribution in [3.05, 3.63) is 35.2 Å². The molecule has 8 nitrogen and oxygen atoms in total. The van der Waals surface area contributed by atoms with Gasteiger partial charge in [-0.2, -0.15) is 0 Å². The lowest BCUT2D eigenvalue weighted by Crippen LogP contribution is -2.27. The number of rotatable bonds is 4. The summed E-state index contributed by atoms with van der Waals surface area (Å²) < 4.78 is 57.4. The van der Waals surface area contributed by atoms with Crippen LogP contribution < -0.4 is 9.03 Å². The van der Waals surface area contributed by atoms with E-state index in [0.717, 1.165) is 11.8 Å². The fourth-order valence-electron chi connectivity index (χ4n) is 2.82. The van der Waals surface area contributed by atoms with Gasteiger partial charge in [0.2, 0.25) is 10.0 Å². The van der Waals surface area contributed by atoms with E-state index in [-0.39, 0.29) is 22.0 Å². The normalized spacial score (nSPS) is 14.7. The summed E-state index contributed by atoms with van der Waals surface area (Å²) in [6.45, 7) is 3.41. The highest BCUT2D eigenvalue weighted by Crippen LogP contribution is 2.33. The number of aromatic nitrogens is 1. The maximum atomic E-state index is 12.5. The first-order chi connectivity index (χ1) is 11.1. The second-order valence-corrected chi connectivity index (χ2v) is 9.21. The predicted molar refractivity (Wildman–Crippen MR) is 89.1 cm³/mol. The van der Waals surface area contributed by atoms with Crippen molar-refractivity contribution in [3.8, 4) is 0 Å². The first-order valence-corrected chi connectivity index (χ1v) is 10.5. The molecule has 3 rings (SSSR count). The van der Waals surface area contributed by atoms with Gasteiger partial charge in [0.1, 0.15) is 5.69 Å². The third-order valence-corrected chi connectivity index (χ3v) is 6.63. The van der Waals surface area contributed by atoms with E-state index in [4.69, 9.17) is 4.52 Å². The highest BCUT2D eigenvalue weighted by Gasteiger charge is 2.28. The Kier molecular flexibility index (Phi) is 3.83. The van der Waals surface area contributed by atoms with Crippen LogP contribution in [0.4, 0.5) is 11.4 Å². The van der Waals surface area contributed by atoms with Crippen molar-refractivity contribution >= 4 is 31.4 Å². The van der Waals surface area contributed by atoms with Gasteiger partial charge in [0.05, 0.1) is 17.6 Å². The molecule has 0 saturated heterocycles. The van der Waals surface area contributed by atoms with Crippen LogP contribution >= 0.6 is 0 Å². The minimum Gasteiger partial charge on any atom is -0.360 e. The molecule has 1 aliphatic rings. The van der Waals surface area contributed by atoms with E-state index < -0.39 is 20.0 Å². The first kappa shape index (κ1) is 16.8. The molecule has 2 aromatic rings. The molecule has 0 unspecified atom stereocenters. The Morgan fingerprint density at radius 1 is 1.21 bits per heavy atom. The van der Waals surface area contributed by atoms with Crippen LogP contribution in [0.25, 0.3) is 0 Å². The second-order valence-electron chi connectivity index (χ2n) is 5.69. The average molecular weight is 371 g/mol. The predicted octanol–water partition coefficient (Wildman–Crippen LogP) is 1.41. The molecule has 0 fully saturated rings. The lowest BCUT2D eigenvalue weighted by atomic mass is 10.1. The SMILES string of the molecule is Cc1noc(C)c1S(=O)(=O)Nc1ccc2c(c1)N(S(C)(=O)=O)CC2. The number of nitrogens with zero attached hydrogens (tertiary/aromatic N) is 2. The Morgan fingerprint density at radius 3 is 2.50 bits per heavy atom. The molecule has 0 saturated carbocycles. The Morgan fingerprint density at radius 2 is 1.92 bits per heavy atom. The van der Waals surface area contributed by atoms with E-state index in [1.165, 1.54) is 17.3 Å². The van der Waals surface area contributed by atoms with Gasteiger partial charge in [0.25, 0.3) is 10.0 Å². The number of aryl methyl sites for hydroxylation is 2. The standard InChI is InChI=1S/C14H17N3O5S2/c1-9-14(10(2)22-15-9)24(20,21)16-12-5-4-11-6-7-17(13(11)8-12)23(3,18)19/h4-5,8,16H,6-7H2,1-3H3. The summed E-state index contributed by atoms with van der Waals surface area (Å²) in [6.07, 6.45) is 1.72. The summed E-state index contributed by atoms with van der Waals surface area (Å²) in [4.78, 5) is -0.0111. The molecule has 0 spiro atoms. The minimum atomic E-state index is -3.88. The number of anilines is 2. The molecule has 1 aromatic carbocycles. The van der Waals surface area contributed by atoms with Crippen molar-refractivity contribution < 1.29 is 21.4 Å². The van der Waals surface area contributed by atoms with Crippen LogP contribution in [0.15, 0.2) is 27.6 Å². The Bertz CT molecular complexity index is 990. The maximum Gasteiger partial charge on any atom is 0.267 e. The topological polar surface area (TPSA) is 110 Å². The monoisotopic (exact) mass is 371 g/mol. The van der Waals surface area contributed by atoms with Crippen LogP contribution in [0.2, 0.25) is 0 Å². The zero-order valence-electron chi connectivity index (χ0n) is 13.4. The van der Waals surface area contributed by atoms with Gasteiger partial charge in [0.15, 0.2) is 10.7 Å². The van der Waals surface area contributed by atoms with E-state index in [1.807, 2.05) is 0 Å². The van der Waals surface area contributed by atoms with Crippen molar-refractivity contribution in [2.75, 3.05) is 21.8 Å². The first-order valence-electron chi connectivity index (χ1n) is 7.16. The number of nitrogens with one attached hydrogen (secondary N) is 1. The van der Waals surface area contributed by atoms with Gasteiger partial charge >= 0.3 is 0 Å². The Balaban J connectivity index is 1.98. The van der Waals surface area contributed by atoms with Gasteiger partial charge in [0, 0.05) is 6.54 Å². The lowest BCUT2D eigenvalue weighted by molar-refractivity contribution is 0.390. The summed E-state index contributed by atoms with van der Waals surface area (Å²) >= 11 is 0. The quantitative estimate of drug-likeness (QED) is 0.870. The molecule has 0 atom stereocenters. The Hall–Kier alpha value is -2.07. The molecule has 130 valence electrons. The van der Waals surface area contributed by atoms with Gasteiger partial charge in [-0.25, -0.2) is 16.8 Å². The fraction of sp³-hybridized carbons (Fsp3) is 0.357. The molecule has 2 heterocycles. The minimum absolute atomic E-state index is 0.0111. The van der Waals surface area contributed by atoms with Crippen molar-refractivity contribution in [2.24, 2.45) is 0 Å². The summed E-state index contributed by atoms with van der Waals surface area (Å²) in [5, 5.41) is 3.64. The number of hydrogen-bond donors (Lipinski definition) is 1. The molecule has 10 heteroatoms. The average Bonchev–Trinajstić information content (AvgIpc) is 3.01. The second kappa shape index (κ2) is 5.49. The van der Waals surface area contributed by atoms with Crippen LogP contribution in [0.5, 0.6) is 0 Å². The van der Waals surface area contributed by atoms with Crippen LogP contribution in [0, 0.1) is 13.8 Å². The van der Waals surface area contributed by atoms with E-state index in [1.54, 1.807) is 19.1 Å². The van der Waals surface area contributed by atoms with E-state index in [9.17, 15) is 16.8 Å². The number of sulfonamides is 2. The third kappa shape index (κ3) is 2.86. The van der Waals surface area contributed by atoms with Crippen LogP contribution in [-0.2, 0) is 26.5 Å². The molecule has 24 heavy (non-hydrogen) atoms. The summed E-state index contributed by atoms with van der Waals surface area (Å²) in [5.41, 5.74) is 1.90. The number of hydrogen-bond acceptors (Lipinski definition) is 6. The molecular formula is C14H17N3O5S2. The van der Waals surface area contributed by atoms with Crippen LogP contribution in [0.1, 0.15) is 17.0 Å². The van der Waals surface area contributed by atoms with Gasteiger partial charge in [-0.15, -0.1) is 0 Å². The molecule has 0 radical (unpaired) electrons. The van der Waals surface area contributed by atoms with Gasteiger partial charge in [-0.3, -0.25) is 9.03 Å². The smallest absolute Gasteiger partial charge is 0.267 e. The van der Waals surface area contributed by atoms with E-state index in [2.05, 4.69) is 9.88 Å². The summed E-state index contributed by atoms with van der Waals surface area (Å²) in [7, 11) is -7.28. The van der Waals surface area contributed by atoms with Crippen molar-refractivity contribution in [3.63, 3.8) is 0 Å². The zero-order chi connectivity index (χ0) is 17.7. The van der Waals surface area contributed by atoms with Crippen molar-refractivity contribution in [1.29, 1.82) is 0 Å². The van der Waals surface area contributed by atoms with Crippen molar-refractivity contribution in [1.82, 2.24) is 5.16 Å². The third-order valence-electron chi connectivity index (χ3n) is 3.83. The van der Waals surface area contributed by atoms with Gasteiger partial charge < -0.3 is 4.52 Å². The molecule has 1 aliphatic heterocycles. The largest absolute Gasteiger partial charge is 0.360 e. The lowest BCUT2D eigenvalue weighted by Gasteiger charge is -2.17. The highest BCUT2D eigenvalue weighted by atomic mass is 32.2. The van der Waals surface area contributed by atoms with Gasteiger partial charge in [-0.05, 0) is 38.0 Å². The highest BCUT2D eigenvalue weighted by molar-refractivity contribution is 7.93. The molecule has 1 N–H and O–H groups in total. The molecular weight excluding hydrogens is 354 g/mol. The van der Waals surface area contributed by atoms with E-state index in [0.29, 0.717) is 18.7 Å². The van der Waals surface area contributed by atoms with Gasteiger partial charge in [-0.1, -0.05) is 11.2 Å². The molecule has 0 aliphatic carbocycles. The van der Waals surface area contributed by atoms with Crippen molar-refractivity contribution in [2.45, 2.75) is 25.2 Å². The summed E-state index contributed by atoms with van der Waals surface area (Å²) in [5.74, 6) is 0.193. The zero-order valence-corrected chi connectivity index (χ0v) is 15.0. The number of benzene rings is 1. The fourth-order valence-corrected chi connectivity index (χ4v) is 5.15. The maximum absolute atomic E-state index is 12.5. The van der Waals surface area contributed by atoms with Crippen LogP contribution in [0.3, 0.4) is 0 Å². The molecule has 0 amide bonds. The Labute approximate surface area is 140 Å². The number of fused-ring (bicyclic) bond motifs is 1. The molecule has 0 bridgehead atoms. The van der Waals surface area contributed by atoms with E-state index >= 15 is 0 Å². The summed E-state index contributed by atoms with van der Waals surface area (Å²) in [6, 6.07) is 4.87. The molecule has 1 aromatic heterocycles. The van der Waals surface area contributed by atoms with Crippen LogP contribution in [-0.4, -0.2) is 34.8 Å².